The average molecular weight is 552 g/mol. The highest BCUT2D eigenvalue weighted by molar-refractivity contribution is 7.53. The van der Waals surface area contributed by atoms with E-state index >= 15 is 0 Å². The lowest BCUT2D eigenvalue weighted by Gasteiger charge is -2.25. The Labute approximate surface area is 222 Å². The fraction of sp³-hybridized carbons (Fsp3) is 0.480. The van der Waals surface area contributed by atoms with Gasteiger partial charge in [0, 0.05) is 62.0 Å². The van der Waals surface area contributed by atoms with E-state index in [1.807, 2.05) is 22.9 Å². The normalized spacial score (nSPS) is 16.5. The van der Waals surface area contributed by atoms with Gasteiger partial charge in [-0.05, 0) is 32.0 Å². The second-order valence-corrected chi connectivity index (χ2v) is 11.3. The second kappa shape index (κ2) is 12.5. The monoisotopic (exact) mass is 551 g/mol. The van der Waals surface area contributed by atoms with Crippen molar-refractivity contribution in [1.82, 2.24) is 14.3 Å². The fourth-order valence-electron chi connectivity index (χ4n) is 4.55. The highest BCUT2D eigenvalue weighted by Gasteiger charge is 2.25. The molecule has 202 valence electrons. The van der Waals surface area contributed by atoms with Crippen molar-refractivity contribution in [3.05, 3.63) is 41.7 Å². The van der Waals surface area contributed by atoms with Crippen LogP contribution in [-0.4, -0.2) is 80.7 Å². The molecular weight excluding hydrogens is 517 g/mol. The molecule has 1 atom stereocenters. The van der Waals surface area contributed by atoms with Crippen LogP contribution in [0, 0.1) is 0 Å². The molecule has 1 saturated heterocycles. The number of fused-ring (bicyclic) bond motifs is 1. The molecule has 1 aliphatic heterocycles. The Hall–Kier alpha value is -2.33. The quantitative estimate of drug-likeness (QED) is 0.275. The molecule has 0 spiro atoms. The zero-order chi connectivity index (χ0) is 26.4. The minimum atomic E-state index is -3.15. The van der Waals surface area contributed by atoms with Crippen LogP contribution in [0.4, 0.5) is 5.69 Å². The minimum Gasteiger partial charge on any atom is -0.496 e. The number of ether oxygens (including phenoxy) is 2. The summed E-state index contributed by atoms with van der Waals surface area (Å²) >= 11 is 6.38. The highest BCUT2D eigenvalue weighted by Crippen LogP contribution is 2.47. The largest absolute Gasteiger partial charge is 0.496 e. The number of nitrogens with zero attached hydrogens (tertiary/aromatic N) is 4. The summed E-state index contributed by atoms with van der Waals surface area (Å²) in [6.45, 7) is 6.20. The highest BCUT2D eigenvalue weighted by atomic mass is 35.5. The van der Waals surface area contributed by atoms with Gasteiger partial charge in [0.05, 0.1) is 37.7 Å². The summed E-state index contributed by atoms with van der Waals surface area (Å²) in [5.41, 5.74) is 8.95. The van der Waals surface area contributed by atoms with E-state index in [1.165, 1.54) is 0 Å². The fourth-order valence-corrected chi connectivity index (χ4v) is 6.27. The maximum atomic E-state index is 12.8. The van der Waals surface area contributed by atoms with Crippen LogP contribution in [0.25, 0.3) is 16.9 Å². The summed E-state index contributed by atoms with van der Waals surface area (Å²) in [6, 6.07) is 7.78. The van der Waals surface area contributed by atoms with Crippen molar-refractivity contribution >= 4 is 30.5 Å². The lowest BCUT2D eigenvalue weighted by molar-refractivity contribution is 0.209. The van der Waals surface area contributed by atoms with E-state index in [4.69, 9.17) is 40.8 Å². The summed E-state index contributed by atoms with van der Waals surface area (Å²) in [5, 5.41) is 0.498. The van der Waals surface area contributed by atoms with Gasteiger partial charge in [-0.1, -0.05) is 11.6 Å². The van der Waals surface area contributed by atoms with E-state index in [1.54, 1.807) is 27.2 Å². The Kier molecular flexibility index (Phi) is 9.34. The number of methoxy groups -OCH3 is 2. The van der Waals surface area contributed by atoms with Crippen LogP contribution in [0.2, 0.25) is 5.02 Å². The number of rotatable bonds is 11. The lowest BCUT2D eigenvalue weighted by atomic mass is 10.1. The van der Waals surface area contributed by atoms with Crippen LogP contribution >= 0.6 is 19.2 Å². The summed E-state index contributed by atoms with van der Waals surface area (Å²) in [7, 11) is 0.0350. The number of hydrogen-bond acceptors (Lipinski definition) is 9. The molecule has 4 rings (SSSR count). The Balaban J connectivity index is 1.47. The van der Waals surface area contributed by atoms with E-state index in [9.17, 15) is 4.57 Å². The third-order valence-corrected chi connectivity index (χ3v) is 8.67. The first kappa shape index (κ1) is 27.7. The molecule has 3 aromatic rings. The van der Waals surface area contributed by atoms with Crippen molar-refractivity contribution in [2.45, 2.75) is 13.3 Å². The topological polar surface area (TPSA) is 104 Å². The Morgan fingerprint density at radius 2 is 1.89 bits per heavy atom. The Bertz CT molecular complexity index is 1250. The molecule has 3 heterocycles. The standard InChI is InChI=1S/C25H35ClN5O5P/c1-4-35-37(32,36-18-27)13-12-29-7-5-8-30(11-10-29)19-6-9-31-17-22(28-25(31)14-19)20-15-21(26)24(34-3)16-23(20)33-2/h6,9,14-17H,4-5,7-8,10-13,18,27H2,1-3H3. The third kappa shape index (κ3) is 6.57. The number of benzene rings is 1. The van der Waals surface area contributed by atoms with Gasteiger partial charge in [-0.15, -0.1) is 0 Å². The Morgan fingerprint density at radius 3 is 2.62 bits per heavy atom. The van der Waals surface area contributed by atoms with E-state index in [2.05, 4.69) is 21.9 Å². The number of imidazole rings is 1. The predicted octanol–water partition coefficient (Wildman–Crippen LogP) is 4.35. The molecule has 37 heavy (non-hydrogen) atoms. The van der Waals surface area contributed by atoms with Gasteiger partial charge >= 0.3 is 7.60 Å². The van der Waals surface area contributed by atoms with Crippen molar-refractivity contribution in [3.63, 3.8) is 0 Å². The van der Waals surface area contributed by atoms with Crippen molar-refractivity contribution < 1.29 is 23.1 Å². The van der Waals surface area contributed by atoms with Crippen LogP contribution in [-0.2, 0) is 13.6 Å². The van der Waals surface area contributed by atoms with Gasteiger partial charge in [0.1, 0.15) is 23.9 Å². The van der Waals surface area contributed by atoms with Crippen molar-refractivity contribution in [3.8, 4) is 22.8 Å². The number of nitrogens with two attached hydrogens (primary N) is 1. The summed E-state index contributed by atoms with van der Waals surface area (Å²) in [6.07, 6.45) is 5.30. The van der Waals surface area contributed by atoms with Gasteiger partial charge in [-0.3, -0.25) is 9.09 Å². The number of hydrogen-bond donors (Lipinski definition) is 1. The molecule has 1 unspecified atom stereocenters. The zero-order valence-corrected chi connectivity index (χ0v) is 23.2. The van der Waals surface area contributed by atoms with Crippen LogP contribution in [0.5, 0.6) is 11.5 Å². The third-order valence-electron chi connectivity index (χ3n) is 6.43. The number of pyridine rings is 1. The molecule has 10 nitrogen and oxygen atoms in total. The minimum absolute atomic E-state index is 0.110. The summed E-state index contributed by atoms with van der Waals surface area (Å²) < 4.78 is 36.2. The molecule has 0 saturated carbocycles. The molecule has 0 amide bonds. The number of halogens is 1. The molecule has 0 aliphatic carbocycles. The predicted molar refractivity (Wildman–Crippen MR) is 146 cm³/mol. The first-order valence-electron chi connectivity index (χ1n) is 12.4. The van der Waals surface area contributed by atoms with Gasteiger partial charge in [0.15, 0.2) is 0 Å². The molecule has 1 aliphatic rings. The van der Waals surface area contributed by atoms with Gasteiger partial charge in [-0.25, -0.2) is 4.98 Å². The molecule has 0 bridgehead atoms. The van der Waals surface area contributed by atoms with Gasteiger partial charge in [0.25, 0.3) is 0 Å². The number of anilines is 1. The molecule has 1 fully saturated rings. The van der Waals surface area contributed by atoms with Crippen molar-refractivity contribution in [2.75, 3.05) is 71.3 Å². The zero-order valence-electron chi connectivity index (χ0n) is 21.6. The molecular formula is C25H35ClN5O5P. The molecule has 0 radical (unpaired) electrons. The molecule has 2 aromatic heterocycles. The Morgan fingerprint density at radius 1 is 1.08 bits per heavy atom. The SMILES string of the molecule is CCOP(=O)(CCN1CCCN(c2ccn3cc(-c4cc(Cl)c(OC)cc4OC)nc3c2)CC1)OCN. The molecule has 12 heteroatoms. The van der Waals surface area contributed by atoms with Crippen molar-refractivity contribution in [1.29, 1.82) is 0 Å². The van der Waals surface area contributed by atoms with Crippen LogP contribution in [0.15, 0.2) is 36.7 Å². The maximum absolute atomic E-state index is 12.8. The summed E-state index contributed by atoms with van der Waals surface area (Å²) in [4.78, 5) is 9.51. The van der Waals surface area contributed by atoms with E-state index < -0.39 is 7.60 Å². The van der Waals surface area contributed by atoms with Gasteiger partial charge < -0.3 is 33.9 Å². The number of aromatic nitrogens is 2. The van der Waals surface area contributed by atoms with Gasteiger partial charge in [0.2, 0.25) is 0 Å². The van der Waals surface area contributed by atoms with Gasteiger partial charge in [-0.2, -0.15) is 0 Å². The molecule has 1 aromatic carbocycles. The first-order chi connectivity index (χ1) is 17.9. The average Bonchev–Trinajstić information content (AvgIpc) is 3.17. The lowest BCUT2D eigenvalue weighted by Crippen LogP contribution is -2.32. The second-order valence-electron chi connectivity index (χ2n) is 8.69. The summed E-state index contributed by atoms with van der Waals surface area (Å²) in [5.74, 6) is 1.19. The van der Waals surface area contributed by atoms with Crippen LogP contribution < -0.4 is 20.1 Å². The van der Waals surface area contributed by atoms with E-state index in [-0.39, 0.29) is 6.73 Å². The van der Waals surface area contributed by atoms with Crippen LogP contribution in [0.3, 0.4) is 0 Å². The van der Waals surface area contributed by atoms with E-state index in [0.717, 1.165) is 55.2 Å². The molecule has 2 N–H and O–H groups in total. The smallest absolute Gasteiger partial charge is 0.333 e. The maximum Gasteiger partial charge on any atom is 0.333 e. The first-order valence-corrected chi connectivity index (χ1v) is 14.5. The van der Waals surface area contributed by atoms with Crippen LogP contribution in [0.1, 0.15) is 13.3 Å². The van der Waals surface area contributed by atoms with E-state index in [0.29, 0.717) is 35.8 Å². The van der Waals surface area contributed by atoms with Crippen molar-refractivity contribution in [2.24, 2.45) is 5.73 Å².